The summed E-state index contributed by atoms with van der Waals surface area (Å²) in [5, 5.41) is 0.397. The van der Waals surface area contributed by atoms with E-state index < -0.39 is 5.24 Å². The molecule has 3 heteroatoms. The van der Waals surface area contributed by atoms with Crippen LogP contribution in [0, 0.1) is 13.8 Å². The maximum absolute atomic E-state index is 10.9. The molecule has 1 heterocycles. The monoisotopic (exact) mass is 208 g/mol. The highest BCUT2D eigenvalue weighted by molar-refractivity contribution is 6.67. The number of aryl methyl sites for hydroxylation is 2. The van der Waals surface area contributed by atoms with Gasteiger partial charge in [0.15, 0.2) is 5.76 Å². The number of hydrogen-bond donors (Lipinski definition) is 0. The summed E-state index contributed by atoms with van der Waals surface area (Å²) in [6.45, 7) is 3.91. The largest absolute Gasteiger partial charge is 0.451 e. The lowest BCUT2D eigenvalue weighted by Gasteiger charge is -1.96. The minimum atomic E-state index is -0.556. The van der Waals surface area contributed by atoms with E-state index >= 15 is 0 Å². The second kappa shape index (κ2) is 3.14. The molecule has 1 aromatic carbocycles. The highest BCUT2D eigenvalue weighted by Crippen LogP contribution is 2.26. The van der Waals surface area contributed by atoms with Gasteiger partial charge in [-0.05, 0) is 42.6 Å². The van der Waals surface area contributed by atoms with Gasteiger partial charge in [0, 0.05) is 5.39 Å². The summed E-state index contributed by atoms with van der Waals surface area (Å²) in [5.41, 5.74) is 2.84. The second-order valence-electron chi connectivity index (χ2n) is 3.33. The Morgan fingerprint density at radius 1 is 1.29 bits per heavy atom. The Hall–Kier alpha value is -1.28. The number of carbonyl (C=O) groups is 1. The summed E-state index contributed by atoms with van der Waals surface area (Å²) < 4.78 is 5.36. The third kappa shape index (κ3) is 1.32. The van der Waals surface area contributed by atoms with Gasteiger partial charge in [-0.1, -0.05) is 12.1 Å². The van der Waals surface area contributed by atoms with Crippen LogP contribution in [0.5, 0.6) is 0 Å². The van der Waals surface area contributed by atoms with E-state index in [0.29, 0.717) is 0 Å². The average molecular weight is 209 g/mol. The minimum absolute atomic E-state index is 0.207. The molecule has 2 nitrogen and oxygen atoms in total. The molecule has 0 aliphatic heterocycles. The minimum Gasteiger partial charge on any atom is -0.451 e. The van der Waals surface area contributed by atoms with Crippen LogP contribution in [0.4, 0.5) is 0 Å². The molecule has 2 aromatic rings. The van der Waals surface area contributed by atoms with Gasteiger partial charge in [0.1, 0.15) is 5.58 Å². The zero-order chi connectivity index (χ0) is 10.3. The van der Waals surface area contributed by atoms with Gasteiger partial charge in [0.25, 0.3) is 5.24 Å². The zero-order valence-electron chi connectivity index (χ0n) is 7.93. The predicted molar refractivity (Wildman–Crippen MR) is 55.9 cm³/mol. The molecule has 0 saturated carbocycles. The average Bonchev–Trinajstić information content (AvgIpc) is 2.57. The lowest BCUT2D eigenvalue weighted by Crippen LogP contribution is -1.81. The van der Waals surface area contributed by atoms with E-state index in [1.165, 1.54) is 0 Å². The highest BCUT2D eigenvalue weighted by Gasteiger charge is 2.12. The van der Waals surface area contributed by atoms with Crippen molar-refractivity contribution in [2.75, 3.05) is 0 Å². The van der Waals surface area contributed by atoms with E-state index in [2.05, 4.69) is 0 Å². The molecule has 14 heavy (non-hydrogen) atoms. The number of rotatable bonds is 1. The molecule has 1 aromatic heterocycles. The first-order valence-electron chi connectivity index (χ1n) is 4.29. The van der Waals surface area contributed by atoms with Crippen molar-refractivity contribution >= 4 is 27.8 Å². The molecule has 0 unspecified atom stereocenters. The van der Waals surface area contributed by atoms with Crippen LogP contribution in [-0.4, -0.2) is 5.24 Å². The summed E-state index contributed by atoms with van der Waals surface area (Å²) in [4.78, 5) is 10.9. The van der Waals surface area contributed by atoms with Crippen LogP contribution < -0.4 is 0 Å². The van der Waals surface area contributed by atoms with Gasteiger partial charge in [-0.3, -0.25) is 4.79 Å². The van der Waals surface area contributed by atoms with Crippen molar-refractivity contribution < 1.29 is 9.21 Å². The predicted octanol–water partition coefficient (Wildman–Crippen LogP) is 3.43. The van der Waals surface area contributed by atoms with Crippen LogP contribution in [0.2, 0.25) is 0 Å². The Kier molecular flexibility index (Phi) is 2.08. The Labute approximate surface area is 86.5 Å². The standard InChI is InChI=1S/C11H9ClO2/c1-6-3-4-7(2)10-8(6)5-9(14-10)11(12)13/h3-5H,1-2H3. The van der Waals surface area contributed by atoms with Crippen LogP contribution in [-0.2, 0) is 0 Å². The van der Waals surface area contributed by atoms with Crippen LogP contribution >= 0.6 is 11.6 Å². The molecule has 0 saturated heterocycles. The van der Waals surface area contributed by atoms with Crippen LogP contribution in [0.3, 0.4) is 0 Å². The van der Waals surface area contributed by atoms with Crippen molar-refractivity contribution in [1.29, 1.82) is 0 Å². The number of fused-ring (bicyclic) bond motifs is 1. The summed E-state index contributed by atoms with van der Waals surface area (Å²) in [6, 6.07) is 5.65. The molecule has 0 bridgehead atoms. The van der Waals surface area contributed by atoms with Gasteiger partial charge in [0.2, 0.25) is 0 Å². The summed E-state index contributed by atoms with van der Waals surface area (Å²) in [5.74, 6) is 0.207. The van der Waals surface area contributed by atoms with E-state index in [0.717, 1.165) is 22.1 Å². The van der Waals surface area contributed by atoms with Gasteiger partial charge < -0.3 is 4.42 Å². The quantitative estimate of drug-likeness (QED) is 0.673. The normalized spacial score (nSPS) is 10.8. The topological polar surface area (TPSA) is 30.2 Å². The molecule has 72 valence electrons. The number of carbonyl (C=O) groups excluding carboxylic acids is 1. The third-order valence-corrected chi connectivity index (χ3v) is 2.48. The number of furan rings is 1. The van der Waals surface area contributed by atoms with E-state index in [9.17, 15) is 4.79 Å². The van der Waals surface area contributed by atoms with E-state index in [1.54, 1.807) is 6.07 Å². The van der Waals surface area contributed by atoms with Crippen LogP contribution in [0.25, 0.3) is 11.0 Å². The Balaban J connectivity index is 2.82. The van der Waals surface area contributed by atoms with Crippen molar-refractivity contribution in [3.8, 4) is 0 Å². The van der Waals surface area contributed by atoms with Crippen LogP contribution in [0.15, 0.2) is 22.6 Å². The molecule has 2 rings (SSSR count). The smallest absolute Gasteiger partial charge is 0.287 e. The van der Waals surface area contributed by atoms with Gasteiger partial charge in [-0.15, -0.1) is 0 Å². The van der Waals surface area contributed by atoms with Gasteiger partial charge in [0.05, 0.1) is 0 Å². The summed E-state index contributed by atoms with van der Waals surface area (Å²) >= 11 is 5.35. The number of halogens is 1. The number of benzene rings is 1. The first kappa shape index (κ1) is 9.28. The molecule has 0 radical (unpaired) electrons. The molecular weight excluding hydrogens is 200 g/mol. The summed E-state index contributed by atoms with van der Waals surface area (Å²) in [6.07, 6.45) is 0. The van der Waals surface area contributed by atoms with Gasteiger partial charge in [-0.25, -0.2) is 0 Å². The Morgan fingerprint density at radius 3 is 2.50 bits per heavy atom. The van der Waals surface area contributed by atoms with Crippen molar-refractivity contribution in [3.63, 3.8) is 0 Å². The third-order valence-electron chi connectivity index (χ3n) is 2.29. The van der Waals surface area contributed by atoms with Crippen molar-refractivity contribution in [2.24, 2.45) is 0 Å². The highest BCUT2D eigenvalue weighted by atomic mass is 35.5. The molecule has 0 amide bonds. The molecule has 0 aliphatic carbocycles. The summed E-state index contributed by atoms with van der Waals surface area (Å²) in [7, 11) is 0. The fourth-order valence-corrected chi connectivity index (χ4v) is 1.58. The first-order chi connectivity index (χ1) is 6.59. The van der Waals surface area contributed by atoms with Crippen molar-refractivity contribution in [3.05, 3.63) is 35.1 Å². The SMILES string of the molecule is Cc1ccc(C)c2oc(C(=O)Cl)cc12. The fourth-order valence-electron chi connectivity index (χ4n) is 1.49. The lowest BCUT2D eigenvalue weighted by molar-refractivity contribution is 0.105. The Bertz CT molecular complexity index is 472. The van der Waals surface area contributed by atoms with Crippen molar-refractivity contribution in [2.45, 2.75) is 13.8 Å². The molecule has 0 aliphatic rings. The molecule has 0 N–H and O–H groups in total. The Morgan fingerprint density at radius 2 is 1.93 bits per heavy atom. The maximum Gasteiger partial charge on any atom is 0.287 e. The molecule has 0 fully saturated rings. The van der Waals surface area contributed by atoms with Crippen molar-refractivity contribution in [1.82, 2.24) is 0 Å². The fraction of sp³-hybridized carbons (Fsp3) is 0.182. The van der Waals surface area contributed by atoms with E-state index in [-0.39, 0.29) is 5.76 Å². The first-order valence-corrected chi connectivity index (χ1v) is 4.67. The molecule has 0 spiro atoms. The lowest BCUT2D eigenvalue weighted by atomic mass is 10.1. The second-order valence-corrected chi connectivity index (χ2v) is 3.67. The van der Waals surface area contributed by atoms with E-state index in [4.69, 9.17) is 16.0 Å². The molecular formula is C11H9ClO2. The number of hydrogen-bond acceptors (Lipinski definition) is 2. The maximum atomic E-state index is 10.9. The van der Waals surface area contributed by atoms with E-state index in [1.807, 2.05) is 26.0 Å². The zero-order valence-corrected chi connectivity index (χ0v) is 8.68. The molecule has 0 atom stereocenters. The van der Waals surface area contributed by atoms with Gasteiger partial charge >= 0.3 is 0 Å². The van der Waals surface area contributed by atoms with Crippen LogP contribution in [0.1, 0.15) is 21.7 Å². The van der Waals surface area contributed by atoms with Gasteiger partial charge in [-0.2, -0.15) is 0 Å².